The van der Waals surface area contributed by atoms with Crippen molar-refractivity contribution in [2.75, 3.05) is 0 Å². The second-order valence-electron chi connectivity index (χ2n) is 2.98. The molecule has 0 bridgehead atoms. The van der Waals surface area contributed by atoms with Gasteiger partial charge in [0.1, 0.15) is 11.6 Å². The zero-order chi connectivity index (χ0) is 11.5. The van der Waals surface area contributed by atoms with Crippen molar-refractivity contribution in [1.82, 2.24) is 4.98 Å². The topological polar surface area (TPSA) is 22.1 Å². The van der Waals surface area contributed by atoms with Crippen LogP contribution in [0.4, 0.5) is 8.78 Å². The van der Waals surface area contributed by atoms with Crippen molar-refractivity contribution in [3.8, 4) is 11.6 Å². The molecule has 2 aromatic rings. The quantitative estimate of drug-likeness (QED) is 0.781. The fraction of sp³-hybridized carbons (Fsp3) is 0. The third kappa shape index (κ3) is 2.55. The lowest BCUT2D eigenvalue weighted by molar-refractivity contribution is 0.441. The van der Waals surface area contributed by atoms with E-state index in [0.717, 1.165) is 0 Å². The van der Waals surface area contributed by atoms with Crippen molar-refractivity contribution < 1.29 is 13.5 Å². The van der Waals surface area contributed by atoms with E-state index in [4.69, 9.17) is 4.74 Å². The number of hydrogen-bond donors (Lipinski definition) is 0. The van der Waals surface area contributed by atoms with Gasteiger partial charge in [-0.15, -0.1) is 0 Å². The van der Waals surface area contributed by atoms with Crippen molar-refractivity contribution >= 4 is 15.9 Å². The molecule has 0 saturated heterocycles. The van der Waals surface area contributed by atoms with Gasteiger partial charge in [0.05, 0.1) is 4.47 Å². The minimum atomic E-state index is -0.643. The summed E-state index contributed by atoms with van der Waals surface area (Å²) in [6, 6.07) is 8.41. The molecule has 0 spiro atoms. The molecular weight excluding hydrogens is 280 g/mol. The molecule has 0 unspecified atom stereocenters. The van der Waals surface area contributed by atoms with Gasteiger partial charge < -0.3 is 4.74 Å². The van der Waals surface area contributed by atoms with Gasteiger partial charge in [0, 0.05) is 12.1 Å². The van der Waals surface area contributed by atoms with Crippen molar-refractivity contribution in [3.05, 3.63) is 52.6 Å². The van der Waals surface area contributed by atoms with Crippen LogP contribution in [0, 0.1) is 11.8 Å². The Morgan fingerprint density at radius 3 is 2.62 bits per heavy atom. The molecule has 1 aromatic carbocycles. The highest BCUT2D eigenvalue weighted by molar-refractivity contribution is 9.10. The normalized spacial score (nSPS) is 10.2. The largest absolute Gasteiger partial charge is 0.439 e. The molecule has 0 aliphatic rings. The van der Waals surface area contributed by atoms with E-state index in [1.165, 1.54) is 30.3 Å². The zero-order valence-corrected chi connectivity index (χ0v) is 9.54. The van der Waals surface area contributed by atoms with Crippen LogP contribution in [0.1, 0.15) is 0 Å². The van der Waals surface area contributed by atoms with E-state index in [9.17, 15) is 8.78 Å². The van der Waals surface area contributed by atoms with Crippen LogP contribution >= 0.6 is 15.9 Å². The molecule has 2 rings (SSSR count). The Bertz CT molecular complexity index is 519. The molecule has 0 aliphatic heterocycles. The van der Waals surface area contributed by atoms with Gasteiger partial charge in [-0.25, -0.2) is 4.39 Å². The number of rotatable bonds is 2. The first-order chi connectivity index (χ1) is 7.65. The predicted octanol–water partition coefficient (Wildman–Crippen LogP) is 3.91. The highest BCUT2D eigenvalue weighted by Crippen LogP contribution is 2.24. The van der Waals surface area contributed by atoms with Crippen LogP contribution in [0.25, 0.3) is 0 Å². The van der Waals surface area contributed by atoms with E-state index in [-0.39, 0.29) is 11.6 Å². The van der Waals surface area contributed by atoms with E-state index < -0.39 is 11.8 Å². The smallest absolute Gasteiger partial charge is 0.221 e. The second-order valence-corrected chi connectivity index (χ2v) is 3.83. The number of ether oxygens (including phenoxy) is 1. The van der Waals surface area contributed by atoms with Gasteiger partial charge in [-0.1, -0.05) is 6.07 Å². The van der Waals surface area contributed by atoms with Crippen molar-refractivity contribution in [1.29, 1.82) is 0 Å². The lowest BCUT2D eigenvalue weighted by atomic mass is 10.3. The number of pyridine rings is 1. The maximum absolute atomic E-state index is 13.1. The van der Waals surface area contributed by atoms with Gasteiger partial charge in [0.2, 0.25) is 11.8 Å². The molecule has 0 N–H and O–H groups in total. The average Bonchev–Trinajstić information content (AvgIpc) is 2.24. The standard InChI is InChI=1S/C11H6BrF2NO/c12-8-5-4-7(6-9(8)13)16-11-3-1-2-10(14)15-11/h1-6H. The van der Waals surface area contributed by atoms with Crippen LogP contribution in [0.3, 0.4) is 0 Å². The lowest BCUT2D eigenvalue weighted by Crippen LogP contribution is -1.90. The minimum Gasteiger partial charge on any atom is -0.439 e. The second kappa shape index (κ2) is 4.57. The van der Waals surface area contributed by atoms with Crippen LogP contribution in [-0.2, 0) is 0 Å². The number of aromatic nitrogens is 1. The maximum Gasteiger partial charge on any atom is 0.221 e. The van der Waals surface area contributed by atoms with E-state index in [1.807, 2.05) is 0 Å². The summed E-state index contributed by atoms with van der Waals surface area (Å²) >= 11 is 3.02. The Balaban J connectivity index is 2.24. The molecule has 82 valence electrons. The molecule has 0 fully saturated rings. The Morgan fingerprint density at radius 2 is 1.94 bits per heavy atom. The first-order valence-electron chi connectivity index (χ1n) is 4.40. The summed E-state index contributed by atoms with van der Waals surface area (Å²) in [5, 5.41) is 0. The Kier molecular flexibility index (Phi) is 3.14. The summed E-state index contributed by atoms with van der Waals surface area (Å²) in [7, 11) is 0. The summed E-state index contributed by atoms with van der Waals surface area (Å²) in [6.45, 7) is 0. The molecule has 16 heavy (non-hydrogen) atoms. The van der Waals surface area contributed by atoms with E-state index in [0.29, 0.717) is 4.47 Å². The van der Waals surface area contributed by atoms with Gasteiger partial charge >= 0.3 is 0 Å². The molecule has 0 amide bonds. The number of nitrogens with zero attached hydrogens (tertiary/aromatic N) is 1. The lowest BCUT2D eigenvalue weighted by Gasteiger charge is -2.04. The first-order valence-corrected chi connectivity index (χ1v) is 5.20. The number of benzene rings is 1. The SMILES string of the molecule is Fc1cccc(Oc2ccc(Br)c(F)c2)n1. The first kappa shape index (κ1) is 11.0. The summed E-state index contributed by atoms with van der Waals surface area (Å²) in [5.41, 5.74) is 0. The van der Waals surface area contributed by atoms with Crippen LogP contribution < -0.4 is 4.74 Å². The van der Waals surface area contributed by atoms with Crippen LogP contribution in [0.5, 0.6) is 11.6 Å². The minimum absolute atomic E-state index is 0.0849. The van der Waals surface area contributed by atoms with Crippen molar-refractivity contribution in [2.45, 2.75) is 0 Å². The van der Waals surface area contributed by atoms with E-state index in [1.54, 1.807) is 6.07 Å². The predicted molar refractivity (Wildman–Crippen MR) is 58.4 cm³/mol. The van der Waals surface area contributed by atoms with Gasteiger partial charge in [-0.3, -0.25) is 0 Å². The molecule has 0 atom stereocenters. The van der Waals surface area contributed by atoms with Gasteiger partial charge in [-0.05, 0) is 34.1 Å². The fourth-order valence-electron chi connectivity index (χ4n) is 1.11. The van der Waals surface area contributed by atoms with Gasteiger partial charge in [-0.2, -0.15) is 9.37 Å². The van der Waals surface area contributed by atoms with E-state index in [2.05, 4.69) is 20.9 Å². The molecule has 0 radical (unpaired) electrons. The van der Waals surface area contributed by atoms with Gasteiger partial charge in [0.15, 0.2) is 0 Å². The monoisotopic (exact) mass is 285 g/mol. The third-order valence-corrected chi connectivity index (χ3v) is 2.45. The Labute approximate surface area is 99.0 Å². The average molecular weight is 286 g/mol. The summed E-state index contributed by atoms with van der Waals surface area (Å²) in [5.74, 6) is -0.746. The molecule has 1 aromatic heterocycles. The highest BCUT2D eigenvalue weighted by Gasteiger charge is 2.04. The highest BCUT2D eigenvalue weighted by atomic mass is 79.9. The Morgan fingerprint density at radius 1 is 1.12 bits per heavy atom. The maximum atomic E-state index is 13.1. The number of halogens is 3. The molecule has 0 saturated carbocycles. The molecular formula is C11H6BrF2NO. The molecule has 2 nitrogen and oxygen atoms in total. The van der Waals surface area contributed by atoms with Crippen molar-refractivity contribution in [3.63, 3.8) is 0 Å². The summed E-state index contributed by atoms with van der Waals surface area (Å²) in [4.78, 5) is 3.50. The fourth-order valence-corrected chi connectivity index (χ4v) is 1.35. The summed E-state index contributed by atoms with van der Waals surface area (Å²) < 4.78 is 31.4. The number of hydrogen-bond acceptors (Lipinski definition) is 2. The molecule has 0 aliphatic carbocycles. The molecule has 1 heterocycles. The van der Waals surface area contributed by atoms with Gasteiger partial charge in [0.25, 0.3) is 0 Å². The van der Waals surface area contributed by atoms with E-state index >= 15 is 0 Å². The van der Waals surface area contributed by atoms with Crippen molar-refractivity contribution in [2.24, 2.45) is 0 Å². The zero-order valence-electron chi connectivity index (χ0n) is 7.95. The van der Waals surface area contributed by atoms with Crippen LogP contribution in [-0.4, -0.2) is 4.98 Å². The Hall–Kier alpha value is -1.49. The van der Waals surface area contributed by atoms with Crippen LogP contribution in [0.2, 0.25) is 0 Å². The molecule has 5 heteroatoms. The van der Waals surface area contributed by atoms with Crippen LogP contribution in [0.15, 0.2) is 40.9 Å². The summed E-state index contributed by atoms with van der Waals surface area (Å²) in [6.07, 6.45) is 0. The third-order valence-electron chi connectivity index (χ3n) is 1.80.